The number of hydrogen-bond acceptors (Lipinski definition) is 2. The maximum Gasteiger partial charge on any atom is 0.128 e. The average molecular weight is 341 g/mol. The molecule has 0 aliphatic carbocycles. The quantitative estimate of drug-likeness (QED) is 0.553. The van der Waals surface area contributed by atoms with Crippen molar-refractivity contribution in [3.8, 4) is 5.75 Å². The summed E-state index contributed by atoms with van der Waals surface area (Å²) in [5.74, 6) is 1.02. The van der Waals surface area contributed by atoms with E-state index in [4.69, 9.17) is 4.74 Å². The molecule has 1 fully saturated rings. The SMILES string of the molecule is CN1CCC(=C2c3ccccc3COc3ccc4ccccc4c32)CC1. The number of rotatable bonds is 0. The van der Waals surface area contributed by atoms with Crippen molar-refractivity contribution in [1.29, 1.82) is 0 Å². The van der Waals surface area contributed by atoms with Crippen molar-refractivity contribution in [2.75, 3.05) is 20.1 Å². The van der Waals surface area contributed by atoms with Gasteiger partial charge in [-0.25, -0.2) is 0 Å². The predicted octanol–water partition coefficient (Wildman–Crippen LogP) is 5.26. The van der Waals surface area contributed by atoms with Crippen LogP contribution in [0.15, 0.2) is 66.2 Å². The fraction of sp³-hybridized carbons (Fsp3) is 0.250. The zero-order chi connectivity index (χ0) is 17.5. The van der Waals surface area contributed by atoms with Gasteiger partial charge in [-0.2, -0.15) is 0 Å². The van der Waals surface area contributed by atoms with E-state index >= 15 is 0 Å². The molecule has 2 heteroatoms. The summed E-state index contributed by atoms with van der Waals surface area (Å²) in [6.07, 6.45) is 2.26. The van der Waals surface area contributed by atoms with Crippen LogP contribution in [0.1, 0.15) is 29.5 Å². The van der Waals surface area contributed by atoms with E-state index in [0.29, 0.717) is 6.61 Å². The average Bonchev–Trinajstić information content (AvgIpc) is 2.86. The summed E-state index contributed by atoms with van der Waals surface area (Å²) >= 11 is 0. The van der Waals surface area contributed by atoms with Crippen LogP contribution in [0.25, 0.3) is 16.3 Å². The van der Waals surface area contributed by atoms with E-state index in [2.05, 4.69) is 72.6 Å². The van der Waals surface area contributed by atoms with Crippen LogP contribution in [0.5, 0.6) is 5.75 Å². The first-order valence-corrected chi connectivity index (χ1v) is 9.45. The van der Waals surface area contributed by atoms with Crippen LogP contribution in [-0.4, -0.2) is 25.0 Å². The molecule has 2 aliphatic rings. The fourth-order valence-corrected chi connectivity index (χ4v) is 4.32. The predicted molar refractivity (Wildman–Crippen MR) is 107 cm³/mol. The van der Waals surface area contributed by atoms with Crippen molar-refractivity contribution in [2.24, 2.45) is 0 Å². The van der Waals surface area contributed by atoms with Crippen LogP contribution in [0, 0.1) is 0 Å². The molecule has 0 unspecified atom stereocenters. The van der Waals surface area contributed by atoms with Gasteiger partial charge < -0.3 is 9.64 Å². The van der Waals surface area contributed by atoms with Crippen LogP contribution in [0.2, 0.25) is 0 Å². The van der Waals surface area contributed by atoms with Crippen LogP contribution in [0.4, 0.5) is 0 Å². The third kappa shape index (κ3) is 2.53. The zero-order valence-corrected chi connectivity index (χ0v) is 15.2. The van der Waals surface area contributed by atoms with Gasteiger partial charge in [0.15, 0.2) is 0 Å². The highest BCUT2D eigenvalue weighted by Crippen LogP contribution is 2.44. The number of ether oxygens (including phenoxy) is 1. The monoisotopic (exact) mass is 341 g/mol. The van der Waals surface area contributed by atoms with Gasteiger partial charge in [-0.3, -0.25) is 0 Å². The lowest BCUT2D eigenvalue weighted by Crippen LogP contribution is -2.27. The van der Waals surface area contributed by atoms with E-state index in [1.165, 1.54) is 33.0 Å². The van der Waals surface area contributed by atoms with Gasteiger partial charge in [0.2, 0.25) is 0 Å². The molecular weight excluding hydrogens is 318 g/mol. The van der Waals surface area contributed by atoms with Crippen molar-refractivity contribution in [1.82, 2.24) is 4.90 Å². The second kappa shape index (κ2) is 6.30. The van der Waals surface area contributed by atoms with E-state index in [1.54, 1.807) is 5.57 Å². The minimum Gasteiger partial charge on any atom is -0.488 e. The second-order valence-corrected chi connectivity index (χ2v) is 7.39. The molecule has 1 saturated heterocycles. The maximum absolute atomic E-state index is 6.28. The molecule has 0 atom stereocenters. The Balaban J connectivity index is 1.85. The summed E-state index contributed by atoms with van der Waals surface area (Å²) < 4.78 is 6.28. The maximum atomic E-state index is 6.28. The third-order valence-electron chi connectivity index (χ3n) is 5.75. The summed E-state index contributed by atoms with van der Waals surface area (Å²) in [4.78, 5) is 2.42. The number of fused-ring (bicyclic) bond motifs is 4. The Labute approximate surface area is 154 Å². The van der Waals surface area contributed by atoms with Gasteiger partial charge in [-0.1, -0.05) is 60.2 Å². The molecule has 130 valence electrons. The molecule has 0 radical (unpaired) electrons. The van der Waals surface area contributed by atoms with E-state index < -0.39 is 0 Å². The van der Waals surface area contributed by atoms with Gasteiger partial charge in [-0.05, 0) is 53.4 Å². The lowest BCUT2D eigenvalue weighted by Gasteiger charge is -2.27. The Kier molecular flexibility index (Phi) is 3.79. The summed E-state index contributed by atoms with van der Waals surface area (Å²) in [5.41, 5.74) is 6.90. The second-order valence-electron chi connectivity index (χ2n) is 7.39. The molecule has 0 spiro atoms. The summed E-state index contributed by atoms with van der Waals surface area (Å²) in [7, 11) is 2.22. The highest BCUT2D eigenvalue weighted by Gasteiger charge is 2.25. The highest BCUT2D eigenvalue weighted by molar-refractivity contribution is 6.01. The normalized spacial score (nSPS) is 17.4. The molecule has 0 N–H and O–H groups in total. The van der Waals surface area contributed by atoms with Crippen LogP contribution < -0.4 is 4.74 Å². The van der Waals surface area contributed by atoms with Crippen molar-refractivity contribution in [3.05, 3.63) is 82.9 Å². The molecular formula is C24H23NO. The van der Waals surface area contributed by atoms with Gasteiger partial charge >= 0.3 is 0 Å². The molecule has 2 heterocycles. The molecule has 26 heavy (non-hydrogen) atoms. The number of nitrogens with zero attached hydrogens (tertiary/aromatic N) is 1. The topological polar surface area (TPSA) is 12.5 Å². The van der Waals surface area contributed by atoms with Gasteiger partial charge in [-0.15, -0.1) is 0 Å². The Morgan fingerprint density at radius 3 is 2.50 bits per heavy atom. The van der Waals surface area contributed by atoms with Crippen molar-refractivity contribution in [2.45, 2.75) is 19.4 Å². The van der Waals surface area contributed by atoms with Gasteiger partial charge in [0, 0.05) is 18.7 Å². The van der Waals surface area contributed by atoms with E-state index in [9.17, 15) is 0 Å². The first-order valence-electron chi connectivity index (χ1n) is 9.45. The summed E-state index contributed by atoms with van der Waals surface area (Å²) in [5, 5.41) is 2.57. The molecule has 0 bridgehead atoms. The molecule has 2 aliphatic heterocycles. The molecule has 3 aromatic rings. The number of piperidine rings is 1. The van der Waals surface area contributed by atoms with Crippen LogP contribution in [0.3, 0.4) is 0 Å². The lowest BCUT2D eigenvalue weighted by molar-refractivity contribution is 0.307. The Morgan fingerprint density at radius 2 is 1.62 bits per heavy atom. The van der Waals surface area contributed by atoms with E-state index in [0.717, 1.165) is 31.7 Å². The molecule has 0 saturated carbocycles. The molecule has 0 aromatic heterocycles. The van der Waals surface area contributed by atoms with Crippen LogP contribution in [-0.2, 0) is 6.61 Å². The number of benzene rings is 3. The Hall–Kier alpha value is -2.58. The molecule has 0 amide bonds. The minimum absolute atomic E-state index is 0.637. The van der Waals surface area contributed by atoms with Crippen LogP contribution >= 0.6 is 0 Å². The first kappa shape index (κ1) is 15.7. The van der Waals surface area contributed by atoms with Crippen molar-refractivity contribution in [3.63, 3.8) is 0 Å². The fourth-order valence-electron chi connectivity index (χ4n) is 4.32. The van der Waals surface area contributed by atoms with E-state index in [1.807, 2.05) is 0 Å². The smallest absolute Gasteiger partial charge is 0.128 e. The Bertz CT molecular complexity index is 1010. The third-order valence-corrected chi connectivity index (χ3v) is 5.75. The zero-order valence-electron chi connectivity index (χ0n) is 15.2. The first-order chi connectivity index (χ1) is 12.8. The van der Waals surface area contributed by atoms with Gasteiger partial charge in [0.1, 0.15) is 12.4 Å². The molecule has 5 rings (SSSR count). The molecule has 3 aromatic carbocycles. The lowest BCUT2D eigenvalue weighted by atomic mass is 9.84. The van der Waals surface area contributed by atoms with Crippen molar-refractivity contribution >= 4 is 16.3 Å². The highest BCUT2D eigenvalue weighted by atomic mass is 16.5. The number of likely N-dealkylation sites (tertiary alicyclic amines) is 1. The van der Waals surface area contributed by atoms with E-state index in [-0.39, 0.29) is 0 Å². The molecule has 2 nitrogen and oxygen atoms in total. The minimum atomic E-state index is 0.637. The number of hydrogen-bond donors (Lipinski definition) is 0. The Morgan fingerprint density at radius 1 is 0.846 bits per heavy atom. The van der Waals surface area contributed by atoms with Gasteiger partial charge in [0.25, 0.3) is 0 Å². The van der Waals surface area contributed by atoms with Gasteiger partial charge in [0.05, 0.1) is 0 Å². The summed E-state index contributed by atoms with van der Waals surface area (Å²) in [6, 6.07) is 21.8. The largest absolute Gasteiger partial charge is 0.488 e. The summed E-state index contributed by atoms with van der Waals surface area (Å²) in [6.45, 7) is 2.89. The standard InChI is InChI=1S/C24H23NO/c1-25-14-12-18(13-15-25)23-21-9-5-3-7-19(21)16-26-22-11-10-17-6-2-4-8-20(17)24(22)23/h2-11H,12-16H2,1H3. The van der Waals surface area contributed by atoms with Crippen molar-refractivity contribution < 1.29 is 4.74 Å².